The summed E-state index contributed by atoms with van der Waals surface area (Å²) in [6, 6.07) is 14.0. The second-order valence-electron chi connectivity index (χ2n) is 5.32. The monoisotopic (exact) mass is 284 g/mol. The molecule has 2 N–H and O–H groups in total. The van der Waals surface area contributed by atoms with Crippen LogP contribution in [0.1, 0.15) is 18.4 Å². The number of carbonyl (C=O) groups is 1. The van der Waals surface area contributed by atoms with Crippen molar-refractivity contribution >= 4 is 17.3 Å². The third kappa shape index (κ3) is 3.81. The molecule has 1 fully saturated rings. The first kappa shape index (κ1) is 13.6. The third-order valence-electron chi connectivity index (χ3n) is 3.49. The molecule has 0 saturated heterocycles. The fourth-order valence-electron chi connectivity index (χ4n) is 2.10. The molecule has 0 atom stereocenters. The summed E-state index contributed by atoms with van der Waals surface area (Å²) in [6.45, 7) is 0.611. The van der Waals surface area contributed by atoms with Crippen molar-refractivity contribution in [3.8, 4) is 0 Å². The lowest BCUT2D eigenvalue weighted by molar-refractivity contribution is -0.117. The number of rotatable bonds is 5. The van der Waals surface area contributed by atoms with Crippen LogP contribution in [0.3, 0.4) is 0 Å². The summed E-state index contributed by atoms with van der Waals surface area (Å²) >= 11 is 0. The number of benzene rings is 2. The number of hydrogen-bond donors (Lipinski definition) is 2. The summed E-state index contributed by atoms with van der Waals surface area (Å²) in [5, 5.41) is 6.19. The van der Waals surface area contributed by atoms with E-state index in [0.29, 0.717) is 6.54 Å². The number of nitrogens with one attached hydrogen (secondary N) is 2. The molecule has 0 unspecified atom stereocenters. The van der Waals surface area contributed by atoms with E-state index in [0.717, 1.165) is 29.8 Å². The molecular formula is C17H17FN2O. The zero-order valence-corrected chi connectivity index (χ0v) is 11.6. The van der Waals surface area contributed by atoms with Gasteiger partial charge in [0.15, 0.2) is 0 Å². The third-order valence-corrected chi connectivity index (χ3v) is 3.49. The first-order valence-electron chi connectivity index (χ1n) is 7.10. The van der Waals surface area contributed by atoms with Crippen LogP contribution in [0.5, 0.6) is 0 Å². The second kappa shape index (κ2) is 5.95. The zero-order valence-electron chi connectivity index (χ0n) is 11.6. The van der Waals surface area contributed by atoms with Crippen LogP contribution in [-0.4, -0.2) is 5.91 Å². The summed E-state index contributed by atoms with van der Waals surface area (Å²) in [7, 11) is 0. The average Bonchev–Trinajstić information content (AvgIpc) is 3.32. The Morgan fingerprint density at radius 2 is 1.81 bits per heavy atom. The maximum absolute atomic E-state index is 12.8. The Morgan fingerprint density at radius 1 is 1.10 bits per heavy atom. The van der Waals surface area contributed by atoms with Gasteiger partial charge in [-0.05, 0) is 48.7 Å². The highest BCUT2D eigenvalue weighted by molar-refractivity contribution is 5.94. The van der Waals surface area contributed by atoms with Crippen molar-refractivity contribution in [2.75, 3.05) is 10.6 Å². The molecule has 1 aliphatic carbocycles. The minimum absolute atomic E-state index is 0.102. The Balaban J connectivity index is 1.60. The number of anilines is 2. The smallest absolute Gasteiger partial charge is 0.227 e. The van der Waals surface area contributed by atoms with Crippen molar-refractivity contribution < 1.29 is 9.18 Å². The molecule has 21 heavy (non-hydrogen) atoms. The number of halogens is 1. The lowest BCUT2D eigenvalue weighted by Crippen LogP contribution is -2.13. The first-order chi connectivity index (χ1) is 10.2. The SMILES string of the molecule is O=C(Nc1cccc(NCc2ccc(F)cc2)c1)C1CC1. The Bertz CT molecular complexity index is 635. The molecule has 108 valence electrons. The molecule has 2 aromatic carbocycles. The first-order valence-corrected chi connectivity index (χ1v) is 7.10. The summed E-state index contributed by atoms with van der Waals surface area (Å²) in [4.78, 5) is 11.7. The molecule has 0 spiro atoms. The Labute approximate surface area is 123 Å². The van der Waals surface area contributed by atoms with Crippen molar-refractivity contribution in [1.29, 1.82) is 0 Å². The minimum Gasteiger partial charge on any atom is -0.381 e. The van der Waals surface area contributed by atoms with Gasteiger partial charge in [-0.25, -0.2) is 4.39 Å². The molecular weight excluding hydrogens is 267 g/mol. The van der Waals surface area contributed by atoms with Crippen LogP contribution in [0.2, 0.25) is 0 Å². The van der Waals surface area contributed by atoms with Crippen LogP contribution >= 0.6 is 0 Å². The van der Waals surface area contributed by atoms with Gasteiger partial charge in [0.2, 0.25) is 5.91 Å². The summed E-state index contributed by atoms with van der Waals surface area (Å²) < 4.78 is 12.8. The van der Waals surface area contributed by atoms with E-state index in [1.54, 1.807) is 12.1 Å². The second-order valence-corrected chi connectivity index (χ2v) is 5.32. The van der Waals surface area contributed by atoms with Crippen LogP contribution in [0.15, 0.2) is 48.5 Å². The molecule has 0 radical (unpaired) electrons. The van der Waals surface area contributed by atoms with E-state index in [9.17, 15) is 9.18 Å². The Hall–Kier alpha value is -2.36. The molecule has 2 aromatic rings. The average molecular weight is 284 g/mol. The highest BCUT2D eigenvalue weighted by Gasteiger charge is 2.29. The van der Waals surface area contributed by atoms with E-state index in [1.807, 2.05) is 24.3 Å². The largest absolute Gasteiger partial charge is 0.381 e. The van der Waals surface area contributed by atoms with Gasteiger partial charge < -0.3 is 10.6 Å². The number of carbonyl (C=O) groups excluding carboxylic acids is 1. The van der Waals surface area contributed by atoms with Gasteiger partial charge in [0.25, 0.3) is 0 Å². The molecule has 0 aromatic heterocycles. The quantitative estimate of drug-likeness (QED) is 0.877. The van der Waals surface area contributed by atoms with Crippen LogP contribution in [-0.2, 0) is 11.3 Å². The van der Waals surface area contributed by atoms with E-state index < -0.39 is 0 Å². The van der Waals surface area contributed by atoms with E-state index in [2.05, 4.69) is 10.6 Å². The van der Waals surface area contributed by atoms with Gasteiger partial charge in [-0.3, -0.25) is 4.79 Å². The van der Waals surface area contributed by atoms with Gasteiger partial charge in [-0.2, -0.15) is 0 Å². The predicted octanol–water partition coefficient (Wildman–Crippen LogP) is 3.79. The Kier molecular flexibility index (Phi) is 3.86. The van der Waals surface area contributed by atoms with Crippen molar-refractivity contribution in [1.82, 2.24) is 0 Å². The van der Waals surface area contributed by atoms with Crippen LogP contribution < -0.4 is 10.6 Å². The van der Waals surface area contributed by atoms with Crippen molar-refractivity contribution in [2.45, 2.75) is 19.4 Å². The topological polar surface area (TPSA) is 41.1 Å². The molecule has 0 bridgehead atoms. The van der Waals surface area contributed by atoms with Gasteiger partial charge in [0.05, 0.1) is 0 Å². The number of amides is 1. The zero-order chi connectivity index (χ0) is 14.7. The Morgan fingerprint density at radius 3 is 2.52 bits per heavy atom. The molecule has 1 amide bonds. The molecule has 1 aliphatic rings. The van der Waals surface area contributed by atoms with Gasteiger partial charge in [-0.1, -0.05) is 18.2 Å². The standard InChI is InChI=1S/C17H17FN2O/c18-14-8-4-12(5-9-14)11-19-15-2-1-3-16(10-15)20-17(21)13-6-7-13/h1-5,8-10,13,19H,6-7,11H2,(H,20,21). The van der Waals surface area contributed by atoms with Crippen LogP contribution in [0.25, 0.3) is 0 Å². The lowest BCUT2D eigenvalue weighted by atomic mass is 10.2. The van der Waals surface area contributed by atoms with E-state index in [1.165, 1.54) is 12.1 Å². The molecule has 4 heteroatoms. The van der Waals surface area contributed by atoms with Gasteiger partial charge in [0.1, 0.15) is 5.82 Å². The van der Waals surface area contributed by atoms with Gasteiger partial charge in [-0.15, -0.1) is 0 Å². The molecule has 3 rings (SSSR count). The molecule has 0 aliphatic heterocycles. The molecule has 0 heterocycles. The minimum atomic E-state index is -0.233. The highest BCUT2D eigenvalue weighted by atomic mass is 19.1. The maximum Gasteiger partial charge on any atom is 0.227 e. The molecule has 1 saturated carbocycles. The van der Waals surface area contributed by atoms with Gasteiger partial charge >= 0.3 is 0 Å². The van der Waals surface area contributed by atoms with Crippen molar-refractivity contribution in [3.05, 3.63) is 59.9 Å². The van der Waals surface area contributed by atoms with Crippen LogP contribution in [0.4, 0.5) is 15.8 Å². The number of hydrogen-bond acceptors (Lipinski definition) is 2. The molecule has 3 nitrogen and oxygen atoms in total. The van der Waals surface area contributed by atoms with Crippen molar-refractivity contribution in [3.63, 3.8) is 0 Å². The fourth-order valence-corrected chi connectivity index (χ4v) is 2.10. The summed E-state index contributed by atoms with van der Waals surface area (Å²) in [6.07, 6.45) is 1.99. The summed E-state index contributed by atoms with van der Waals surface area (Å²) in [5.41, 5.74) is 2.73. The van der Waals surface area contributed by atoms with E-state index in [-0.39, 0.29) is 17.6 Å². The van der Waals surface area contributed by atoms with Crippen molar-refractivity contribution in [2.24, 2.45) is 5.92 Å². The van der Waals surface area contributed by atoms with Crippen LogP contribution in [0, 0.1) is 11.7 Å². The maximum atomic E-state index is 12.8. The van der Waals surface area contributed by atoms with E-state index >= 15 is 0 Å². The highest BCUT2D eigenvalue weighted by Crippen LogP contribution is 2.30. The van der Waals surface area contributed by atoms with Gasteiger partial charge in [0, 0.05) is 23.8 Å². The predicted molar refractivity (Wildman–Crippen MR) is 81.5 cm³/mol. The summed E-state index contributed by atoms with van der Waals surface area (Å²) in [5.74, 6) is 0.0649. The lowest BCUT2D eigenvalue weighted by Gasteiger charge is -2.09. The normalized spacial score (nSPS) is 13.8. The fraction of sp³-hybridized carbons (Fsp3) is 0.235. The van der Waals surface area contributed by atoms with E-state index in [4.69, 9.17) is 0 Å².